The van der Waals surface area contributed by atoms with Crippen LogP contribution in [0.15, 0.2) is 34.9 Å². The van der Waals surface area contributed by atoms with Crippen molar-refractivity contribution in [1.29, 1.82) is 0 Å². The van der Waals surface area contributed by atoms with E-state index in [1.54, 1.807) is 26.0 Å². The van der Waals surface area contributed by atoms with E-state index in [2.05, 4.69) is 0 Å². The Morgan fingerprint density at radius 3 is 2.52 bits per heavy atom. The van der Waals surface area contributed by atoms with Crippen molar-refractivity contribution >= 4 is 17.7 Å². The van der Waals surface area contributed by atoms with Gasteiger partial charge in [-0.15, -0.1) is 0 Å². The van der Waals surface area contributed by atoms with Gasteiger partial charge in [-0.2, -0.15) is 0 Å². The van der Waals surface area contributed by atoms with Crippen molar-refractivity contribution in [2.24, 2.45) is 5.41 Å². The molecule has 1 aliphatic rings. The van der Waals surface area contributed by atoms with Crippen molar-refractivity contribution in [3.63, 3.8) is 0 Å². The molecule has 0 radical (unpaired) electrons. The van der Waals surface area contributed by atoms with Crippen LogP contribution in [0, 0.1) is 5.41 Å². The number of methoxy groups -OCH3 is 1. The Hall–Kier alpha value is -2.17. The van der Waals surface area contributed by atoms with Gasteiger partial charge in [0.2, 0.25) is 0 Å². The Morgan fingerprint density at radius 1 is 1.30 bits per heavy atom. The Bertz CT molecular complexity index is 595. The minimum atomic E-state index is -0.820. The van der Waals surface area contributed by atoms with Gasteiger partial charge in [-0.25, -0.2) is 0 Å². The molecule has 0 spiro atoms. The van der Waals surface area contributed by atoms with Gasteiger partial charge < -0.3 is 9.47 Å². The summed E-state index contributed by atoms with van der Waals surface area (Å²) >= 11 is 0. The largest absolute Gasteiger partial charge is 0.468 e. The molecule has 126 valence electrons. The van der Waals surface area contributed by atoms with Crippen molar-refractivity contribution in [2.45, 2.75) is 40.5 Å². The quantitative estimate of drug-likeness (QED) is 0.575. The standard InChI is InChI=1S/C18H24O5/c1-12(9-11-23-14(3)19)6-7-15-13(2)16(20)8-10-18(15,4)17(21)22-5/h6-7,9H,8,10-11H2,1-5H3/b7-6+,12-9+/t18-/m0/s1. The maximum atomic E-state index is 12.2. The fourth-order valence-corrected chi connectivity index (χ4v) is 2.57. The molecule has 0 aromatic carbocycles. The molecule has 0 unspecified atom stereocenters. The van der Waals surface area contributed by atoms with Gasteiger partial charge in [0.05, 0.1) is 12.5 Å². The first-order chi connectivity index (χ1) is 10.7. The van der Waals surface area contributed by atoms with E-state index in [0.29, 0.717) is 24.0 Å². The Morgan fingerprint density at radius 2 is 1.96 bits per heavy atom. The number of hydrogen-bond acceptors (Lipinski definition) is 5. The first-order valence-corrected chi connectivity index (χ1v) is 7.53. The molecule has 0 aliphatic heterocycles. The number of carbonyl (C=O) groups excluding carboxylic acids is 3. The second-order valence-electron chi connectivity index (χ2n) is 5.87. The number of ether oxygens (including phenoxy) is 2. The number of hydrogen-bond donors (Lipinski definition) is 0. The molecule has 1 rings (SSSR count). The molecule has 0 fully saturated rings. The van der Waals surface area contributed by atoms with Gasteiger partial charge in [-0.3, -0.25) is 14.4 Å². The van der Waals surface area contributed by atoms with E-state index in [-0.39, 0.29) is 24.3 Å². The summed E-state index contributed by atoms with van der Waals surface area (Å²) in [7, 11) is 1.35. The van der Waals surface area contributed by atoms with Crippen LogP contribution >= 0.6 is 0 Å². The average molecular weight is 320 g/mol. The normalized spacial score (nSPS) is 22.5. The van der Waals surface area contributed by atoms with E-state index in [1.807, 2.05) is 13.0 Å². The third-order valence-corrected chi connectivity index (χ3v) is 4.11. The van der Waals surface area contributed by atoms with Crippen LogP contribution < -0.4 is 0 Å². The number of Topliss-reactive ketones (excluding diaryl/α,β-unsaturated/α-hetero) is 1. The third kappa shape index (κ3) is 4.65. The first kappa shape index (κ1) is 18.9. The summed E-state index contributed by atoms with van der Waals surface area (Å²) < 4.78 is 9.76. The Labute approximate surface area is 137 Å². The summed E-state index contributed by atoms with van der Waals surface area (Å²) in [5.41, 5.74) is 1.32. The number of carbonyl (C=O) groups is 3. The van der Waals surface area contributed by atoms with Crippen LogP contribution in [0.3, 0.4) is 0 Å². The summed E-state index contributed by atoms with van der Waals surface area (Å²) in [6, 6.07) is 0. The second-order valence-corrected chi connectivity index (χ2v) is 5.87. The summed E-state index contributed by atoms with van der Waals surface area (Å²) in [4.78, 5) is 34.9. The lowest BCUT2D eigenvalue weighted by Crippen LogP contribution is -2.35. The number of ketones is 1. The van der Waals surface area contributed by atoms with Crippen LogP contribution in [0.4, 0.5) is 0 Å². The van der Waals surface area contributed by atoms with Crippen molar-refractivity contribution in [2.75, 3.05) is 13.7 Å². The molecule has 1 aliphatic carbocycles. The highest BCUT2D eigenvalue weighted by Crippen LogP contribution is 2.41. The summed E-state index contributed by atoms with van der Waals surface area (Å²) in [6.07, 6.45) is 6.13. The van der Waals surface area contributed by atoms with E-state index in [0.717, 1.165) is 5.57 Å². The van der Waals surface area contributed by atoms with Gasteiger partial charge in [0.15, 0.2) is 5.78 Å². The lowest BCUT2D eigenvalue weighted by molar-refractivity contribution is -0.150. The van der Waals surface area contributed by atoms with Gasteiger partial charge in [-0.05, 0) is 44.4 Å². The molecule has 0 bridgehead atoms. The van der Waals surface area contributed by atoms with Crippen LogP contribution in [0.1, 0.15) is 40.5 Å². The number of rotatable bonds is 5. The molecule has 0 amide bonds. The van der Waals surface area contributed by atoms with E-state index in [1.165, 1.54) is 14.0 Å². The molecule has 0 saturated heterocycles. The highest BCUT2D eigenvalue weighted by atomic mass is 16.5. The topological polar surface area (TPSA) is 69.7 Å². The fraction of sp³-hybridized carbons (Fsp3) is 0.500. The van der Waals surface area contributed by atoms with Crippen LogP contribution in [-0.4, -0.2) is 31.4 Å². The molecular formula is C18H24O5. The predicted octanol–water partition coefficient (Wildman–Crippen LogP) is 2.91. The molecule has 5 nitrogen and oxygen atoms in total. The van der Waals surface area contributed by atoms with Crippen LogP contribution in [0.25, 0.3) is 0 Å². The first-order valence-electron chi connectivity index (χ1n) is 7.53. The van der Waals surface area contributed by atoms with E-state index < -0.39 is 5.41 Å². The van der Waals surface area contributed by atoms with Gasteiger partial charge in [0.25, 0.3) is 0 Å². The van der Waals surface area contributed by atoms with Gasteiger partial charge in [0.1, 0.15) is 6.61 Å². The lowest BCUT2D eigenvalue weighted by Gasteiger charge is -2.33. The molecule has 0 N–H and O–H groups in total. The predicted molar refractivity (Wildman–Crippen MR) is 86.6 cm³/mol. The highest BCUT2D eigenvalue weighted by Gasteiger charge is 2.42. The van der Waals surface area contributed by atoms with E-state index >= 15 is 0 Å². The highest BCUT2D eigenvalue weighted by molar-refractivity contribution is 6.00. The summed E-state index contributed by atoms with van der Waals surface area (Å²) in [5.74, 6) is -0.633. The van der Waals surface area contributed by atoms with Crippen LogP contribution in [-0.2, 0) is 23.9 Å². The second kappa shape index (κ2) is 7.90. The monoisotopic (exact) mass is 320 g/mol. The van der Waals surface area contributed by atoms with Gasteiger partial charge in [-0.1, -0.05) is 17.7 Å². The van der Waals surface area contributed by atoms with E-state index in [9.17, 15) is 14.4 Å². The van der Waals surface area contributed by atoms with Gasteiger partial charge >= 0.3 is 11.9 Å². The molecule has 1 atom stereocenters. The van der Waals surface area contributed by atoms with Crippen LogP contribution in [0.2, 0.25) is 0 Å². The number of allylic oxidation sites excluding steroid dienone is 4. The molecular weight excluding hydrogens is 296 g/mol. The van der Waals surface area contributed by atoms with Crippen molar-refractivity contribution in [1.82, 2.24) is 0 Å². The molecule has 0 aromatic rings. The summed E-state index contributed by atoms with van der Waals surface area (Å²) in [5, 5.41) is 0. The van der Waals surface area contributed by atoms with Gasteiger partial charge in [0, 0.05) is 13.3 Å². The average Bonchev–Trinajstić information content (AvgIpc) is 2.50. The summed E-state index contributed by atoms with van der Waals surface area (Å²) in [6.45, 7) is 6.93. The Kier molecular flexibility index (Phi) is 6.49. The Balaban J connectivity index is 3.06. The SMILES string of the molecule is COC(=O)[C@@]1(C)CCC(=O)C(C)=C1/C=C/C(C)=C/COC(C)=O. The zero-order valence-corrected chi connectivity index (χ0v) is 14.4. The number of esters is 2. The van der Waals surface area contributed by atoms with Crippen molar-refractivity contribution < 1.29 is 23.9 Å². The zero-order chi connectivity index (χ0) is 17.6. The van der Waals surface area contributed by atoms with Crippen LogP contribution in [0.5, 0.6) is 0 Å². The van der Waals surface area contributed by atoms with E-state index in [4.69, 9.17) is 9.47 Å². The minimum absolute atomic E-state index is 0.0487. The molecule has 5 heteroatoms. The van der Waals surface area contributed by atoms with Crippen molar-refractivity contribution in [3.05, 3.63) is 34.9 Å². The van der Waals surface area contributed by atoms with Crippen molar-refractivity contribution in [3.8, 4) is 0 Å². The molecule has 0 saturated carbocycles. The molecule has 0 aromatic heterocycles. The maximum absolute atomic E-state index is 12.2. The minimum Gasteiger partial charge on any atom is -0.468 e. The zero-order valence-electron chi connectivity index (χ0n) is 14.4. The lowest BCUT2D eigenvalue weighted by atomic mass is 9.70. The smallest absolute Gasteiger partial charge is 0.316 e. The fourth-order valence-electron chi connectivity index (χ4n) is 2.57. The molecule has 23 heavy (non-hydrogen) atoms. The third-order valence-electron chi connectivity index (χ3n) is 4.11. The maximum Gasteiger partial charge on any atom is 0.316 e. The molecule has 0 heterocycles.